The third-order valence-corrected chi connectivity index (χ3v) is 4.49. The second-order valence-electron chi connectivity index (χ2n) is 6.44. The maximum Gasteiger partial charge on any atom is 0.300 e. The van der Waals surface area contributed by atoms with E-state index in [0.717, 1.165) is 12.1 Å². The average molecular weight is 416 g/mol. The lowest BCUT2D eigenvalue weighted by Crippen LogP contribution is -2.18. The van der Waals surface area contributed by atoms with Gasteiger partial charge in [-0.3, -0.25) is 9.89 Å². The summed E-state index contributed by atoms with van der Waals surface area (Å²) in [7, 11) is 1.49. The van der Waals surface area contributed by atoms with E-state index < -0.39 is 23.0 Å². The lowest BCUT2D eigenvalue weighted by atomic mass is 10.2. The van der Waals surface area contributed by atoms with Crippen LogP contribution in [0.5, 0.6) is 5.88 Å². The van der Waals surface area contributed by atoms with Crippen LogP contribution in [0.4, 0.5) is 24.8 Å². The van der Waals surface area contributed by atoms with E-state index in [-0.39, 0.29) is 23.6 Å². The highest BCUT2D eigenvalue weighted by atomic mass is 19.2. The number of nitrogens with zero attached hydrogens (tertiary/aromatic N) is 4. The zero-order chi connectivity index (χ0) is 21.4. The van der Waals surface area contributed by atoms with Crippen LogP contribution in [0.3, 0.4) is 0 Å². The zero-order valence-electron chi connectivity index (χ0n) is 15.8. The Hall–Kier alpha value is -3.89. The fraction of sp³-hybridized carbons (Fsp3) is 0.158. The molecule has 0 amide bonds. The van der Waals surface area contributed by atoms with E-state index in [1.807, 2.05) is 0 Å². The van der Waals surface area contributed by atoms with Crippen molar-refractivity contribution < 1.29 is 17.9 Å². The van der Waals surface area contributed by atoms with Gasteiger partial charge in [0.2, 0.25) is 11.8 Å². The molecule has 1 aromatic carbocycles. The number of fused-ring (bicyclic) bond motifs is 1. The molecule has 0 unspecified atom stereocenters. The number of hydrogen-bond donors (Lipinski definition) is 2. The van der Waals surface area contributed by atoms with E-state index in [1.54, 1.807) is 19.1 Å². The van der Waals surface area contributed by atoms with Gasteiger partial charge in [0, 0.05) is 6.07 Å². The minimum atomic E-state index is -1.55. The largest absolute Gasteiger partial charge is 0.481 e. The number of halogens is 3. The Bertz CT molecular complexity index is 1290. The maximum absolute atomic E-state index is 13.7. The molecular weight excluding hydrogens is 401 g/mol. The van der Waals surface area contributed by atoms with Crippen molar-refractivity contribution in [3.63, 3.8) is 0 Å². The molecule has 4 aromatic rings. The zero-order valence-corrected chi connectivity index (χ0v) is 15.8. The topological polar surface area (TPSA) is 97.7 Å². The van der Waals surface area contributed by atoms with E-state index in [0.29, 0.717) is 22.8 Å². The second-order valence-corrected chi connectivity index (χ2v) is 6.44. The molecular formula is C19H15F3N6O2. The van der Waals surface area contributed by atoms with Gasteiger partial charge in [-0.15, -0.1) is 0 Å². The summed E-state index contributed by atoms with van der Waals surface area (Å²) in [6.07, 6.45) is 1.39. The molecule has 3 aromatic heterocycles. The molecule has 0 aliphatic carbocycles. The summed E-state index contributed by atoms with van der Waals surface area (Å²) < 4.78 is 47.3. The van der Waals surface area contributed by atoms with E-state index in [2.05, 4.69) is 25.5 Å². The third kappa shape index (κ3) is 3.45. The van der Waals surface area contributed by atoms with Gasteiger partial charge < -0.3 is 14.6 Å². The number of methoxy groups -OCH3 is 1. The van der Waals surface area contributed by atoms with Crippen molar-refractivity contribution in [2.45, 2.75) is 13.5 Å². The minimum absolute atomic E-state index is 0.0918. The van der Waals surface area contributed by atoms with Gasteiger partial charge in [-0.25, -0.2) is 18.2 Å². The summed E-state index contributed by atoms with van der Waals surface area (Å²) >= 11 is 0. The first-order valence-corrected chi connectivity index (χ1v) is 8.73. The van der Waals surface area contributed by atoms with Gasteiger partial charge in [0.05, 0.1) is 36.7 Å². The number of rotatable bonds is 5. The molecule has 154 valence electrons. The summed E-state index contributed by atoms with van der Waals surface area (Å²) in [5.41, 5.74) is 1.14. The predicted octanol–water partition coefficient (Wildman–Crippen LogP) is 3.04. The quantitative estimate of drug-likeness (QED) is 0.486. The van der Waals surface area contributed by atoms with E-state index in [9.17, 15) is 18.0 Å². The molecule has 2 N–H and O–H groups in total. The van der Waals surface area contributed by atoms with Crippen molar-refractivity contribution in [3.8, 4) is 5.88 Å². The molecule has 0 fully saturated rings. The van der Waals surface area contributed by atoms with Gasteiger partial charge in [0.15, 0.2) is 17.5 Å². The monoisotopic (exact) mass is 416 g/mol. The van der Waals surface area contributed by atoms with Gasteiger partial charge in [0.1, 0.15) is 5.52 Å². The summed E-state index contributed by atoms with van der Waals surface area (Å²) in [5.74, 6) is -3.68. The number of pyridine rings is 1. The van der Waals surface area contributed by atoms with Crippen LogP contribution in [0.25, 0.3) is 11.0 Å². The minimum Gasteiger partial charge on any atom is -0.481 e. The molecule has 0 saturated heterocycles. The van der Waals surface area contributed by atoms with Crippen LogP contribution >= 0.6 is 0 Å². The van der Waals surface area contributed by atoms with Crippen LogP contribution in [0.15, 0.2) is 35.3 Å². The molecule has 0 atom stereocenters. The maximum atomic E-state index is 13.7. The number of ether oxygens (including phenoxy) is 1. The molecule has 30 heavy (non-hydrogen) atoms. The molecule has 0 spiro atoms. The summed E-state index contributed by atoms with van der Waals surface area (Å²) in [5, 5.41) is 9.41. The highest BCUT2D eigenvalue weighted by Gasteiger charge is 2.17. The van der Waals surface area contributed by atoms with Crippen molar-refractivity contribution >= 4 is 22.7 Å². The van der Waals surface area contributed by atoms with Crippen molar-refractivity contribution in [2.75, 3.05) is 12.4 Å². The number of hydrogen-bond acceptors (Lipinski definition) is 6. The van der Waals surface area contributed by atoms with Gasteiger partial charge in [-0.1, -0.05) is 0 Å². The number of aryl methyl sites for hydroxylation is 1. The SMILES string of the molecule is COc1ccc(Nc2nc(=O)c3[nH]ncc3n2Cc2cc(F)c(F)c(F)c2)c(C)n1. The Morgan fingerprint density at radius 1 is 1.17 bits per heavy atom. The van der Waals surface area contributed by atoms with E-state index >= 15 is 0 Å². The summed E-state index contributed by atoms with van der Waals surface area (Å²) in [4.78, 5) is 20.6. The van der Waals surface area contributed by atoms with Crippen molar-refractivity contribution in [1.82, 2.24) is 24.7 Å². The van der Waals surface area contributed by atoms with E-state index in [4.69, 9.17) is 4.74 Å². The lowest BCUT2D eigenvalue weighted by Gasteiger charge is -2.16. The Morgan fingerprint density at radius 3 is 2.57 bits per heavy atom. The molecule has 0 aliphatic heterocycles. The number of H-pyrrole nitrogens is 1. The van der Waals surface area contributed by atoms with Crippen molar-refractivity contribution in [1.29, 1.82) is 0 Å². The van der Waals surface area contributed by atoms with Gasteiger partial charge in [-0.05, 0) is 30.7 Å². The fourth-order valence-corrected chi connectivity index (χ4v) is 3.01. The fourth-order valence-electron chi connectivity index (χ4n) is 3.01. The van der Waals surface area contributed by atoms with Crippen LogP contribution in [-0.4, -0.2) is 31.8 Å². The van der Waals surface area contributed by atoms with E-state index in [1.165, 1.54) is 17.9 Å². The van der Waals surface area contributed by atoms with Gasteiger partial charge >= 0.3 is 0 Å². The van der Waals surface area contributed by atoms with Gasteiger partial charge in [-0.2, -0.15) is 10.1 Å². The molecule has 8 nitrogen and oxygen atoms in total. The number of nitrogens with one attached hydrogen (secondary N) is 2. The Morgan fingerprint density at radius 2 is 1.90 bits per heavy atom. The van der Waals surface area contributed by atoms with Crippen LogP contribution in [-0.2, 0) is 6.54 Å². The van der Waals surface area contributed by atoms with Crippen LogP contribution in [0, 0.1) is 24.4 Å². The number of aromatic amines is 1. The first kappa shape index (κ1) is 19.4. The van der Waals surface area contributed by atoms with Crippen LogP contribution in [0.1, 0.15) is 11.3 Å². The first-order chi connectivity index (χ1) is 14.4. The number of aromatic nitrogens is 5. The summed E-state index contributed by atoms with van der Waals surface area (Å²) in [6.45, 7) is 1.62. The predicted molar refractivity (Wildman–Crippen MR) is 102 cm³/mol. The number of anilines is 2. The van der Waals surface area contributed by atoms with Crippen molar-refractivity contribution in [2.24, 2.45) is 0 Å². The first-order valence-electron chi connectivity index (χ1n) is 8.73. The molecule has 11 heteroatoms. The molecule has 4 rings (SSSR count). The van der Waals surface area contributed by atoms with Crippen molar-refractivity contribution in [3.05, 3.63) is 69.5 Å². The highest BCUT2D eigenvalue weighted by molar-refractivity contribution is 5.75. The summed E-state index contributed by atoms with van der Waals surface area (Å²) in [6, 6.07) is 5.08. The van der Waals surface area contributed by atoms with Crippen LogP contribution < -0.4 is 15.6 Å². The molecule has 0 saturated carbocycles. The Labute approximate surface area is 167 Å². The second kappa shape index (κ2) is 7.50. The normalized spacial score (nSPS) is 11.1. The number of benzene rings is 1. The standard InChI is InChI=1S/C19H15F3N6O2/c1-9-13(3-4-15(24-9)30-2)25-19-26-18(29)17-14(7-23-27-17)28(19)8-10-5-11(20)16(22)12(21)6-10/h3-7H,8H2,1-2H3,(H,23,27)(H,25,26,29). The smallest absolute Gasteiger partial charge is 0.300 e. The lowest BCUT2D eigenvalue weighted by molar-refractivity contribution is 0.397. The molecule has 3 heterocycles. The molecule has 0 bridgehead atoms. The molecule has 0 radical (unpaired) electrons. The Balaban J connectivity index is 1.83. The highest BCUT2D eigenvalue weighted by Crippen LogP contribution is 2.24. The third-order valence-electron chi connectivity index (χ3n) is 4.49. The average Bonchev–Trinajstić information content (AvgIpc) is 3.21. The molecule has 0 aliphatic rings. The Kier molecular flexibility index (Phi) is 4.86. The van der Waals surface area contributed by atoms with Gasteiger partial charge in [0.25, 0.3) is 5.56 Å². The van der Waals surface area contributed by atoms with Crippen LogP contribution in [0.2, 0.25) is 0 Å².